The SMILES string of the molecule is COc1ccc(C(=O)N2CCN(C(C(=O)NCC3CCCCC3)C3CCCC3)CC2)cc1OC. The summed E-state index contributed by atoms with van der Waals surface area (Å²) in [6.45, 7) is 3.55. The molecule has 1 aromatic carbocycles. The van der Waals surface area contributed by atoms with Gasteiger partial charge in [0.1, 0.15) is 0 Å². The minimum Gasteiger partial charge on any atom is -0.493 e. The van der Waals surface area contributed by atoms with E-state index in [1.165, 1.54) is 44.9 Å². The molecule has 7 heteroatoms. The van der Waals surface area contributed by atoms with E-state index in [1.807, 2.05) is 4.90 Å². The number of methoxy groups -OCH3 is 2. The Morgan fingerprint density at radius 2 is 1.56 bits per heavy atom. The highest BCUT2D eigenvalue weighted by Gasteiger charge is 2.37. The number of amides is 2. The van der Waals surface area contributed by atoms with Crippen LogP contribution >= 0.6 is 0 Å². The van der Waals surface area contributed by atoms with Crippen LogP contribution < -0.4 is 14.8 Å². The van der Waals surface area contributed by atoms with Crippen molar-refractivity contribution in [2.75, 3.05) is 46.9 Å². The third-order valence-corrected chi connectivity index (χ3v) is 8.03. The molecule has 1 atom stereocenters. The monoisotopic (exact) mass is 471 g/mol. The number of piperazine rings is 1. The molecule has 7 nitrogen and oxygen atoms in total. The van der Waals surface area contributed by atoms with Crippen molar-refractivity contribution in [2.45, 2.75) is 63.8 Å². The average Bonchev–Trinajstić information content (AvgIpc) is 3.42. The fourth-order valence-electron chi connectivity index (χ4n) is 6.05. The lowest BCUT2D eigenvalue weighted by atomic mass is 9.89. The lowest BCUT2D eigenvalue weighted by Gasteiger charge is -2.41. The van der Waals surface area contributed by atoms with Gasteiger partial charge in [0.15, 0.2) is 11.5 Å². The van der Waals surface area contributed by atoms with Gasteiger partial charge in [0.2, 0.25) is 5.91 Å². The van der Waals surface area contributed by atoms with Gasteiger partial charge in [0, 0.05) is 38.3 Å². The summed E-state index contributed by atoms with van der Waals surface area (Å²) in [6, 6.07) is 5.24. The number of carbonyl (C=O) groups excluding carboxylic acids is 2. The Hall–Kier alpha value is -2.28. The van der Waals surface area contributed by atoms with Crippen LogP contribution in [0.5, 0.6) is 11.5 Å². The summed E-state index contributed by atoms with van der Waals surface area (Å²) < 4.78 is 10.7. The Morgan fingerprint density at radius 3 is 2.21 bits per heavy atom. The largest absolute Gasteiger partial charge is 0.493 e. The van der Waals surface area contributed by atoms with Gasteiger partial charge in [-0.25, -0.2) is 0 Å². The van der Waals surface area contributed by atoms with Crippen LogP contribution in [0.1, 0.15) is 68.1 Å². The van der Waals surface area contributed by atoms with Gasteiger partial charge in [-0.1, -0.05) is 32.1 Å². The van der Waals surface area contributed by atoms with Crippen molar-refractivity contribution in [3.05, 3.63) is 23.8 Å². The van der Waals surface area contributed by atoms with Gasteiger partial charge >= 0.3 is 0 Å². The third-order valence-electron chi connectivity index (χ3n) is 8.03. The molecule has 0 spiro atoms. The normalized spacial score (nSPS) is 21.3. The molecule has 1 N–H and O–H groups in total. The second kappa shape index (κ2) is 11.9. The molecule has 1 aliphatic heterocycles. The first-order valence-electron chi connectivity index (χ1n) is 13.1. The van der Waals surface area contributed by atoms with Crippen LogP contribution in [0.4, 0.5) is 0 Å². The number of hydrogen-bond donors (Lipinski definition) is 1. The smallest absolute Gasteiger partial charge is 0.254 e. The maximum absolute atomic E-state index is 13.4. The molecule has 2 saturated carbocycles. The minimum atomic E-state index is -0.0653. The van der Waals surface area contributed by atoms with Crippen molar-refractivity contribution in [3.63, 3.8) is 0 Å². The number of nitrogens with one attached hydrogen (secondary N) is 1. The molecule has 3 aliphatic rings. The first-order valence-corrected chi connectivity index (χ1v) is 13.1. The number of carbonyl (C=O) groups is 2. The van der Waals surface area contributed by atoms with Gasteiger partial charge in [-0.15, -0.1) is 0 Å². The quantitative estimate of drug-likeness (QED) is 0.626. The summed E-state index contributed by atoms with van der Waals surface area (Å²) in [4.78, 5) is 30.8. The van der Waals surface area contributed by atoms with Gasteiger partial charge in [0.05, 0.1) is 20.3 Å². The Kier molecular flexibility index (Phi) is 8.70. The number of rotatable bonds is 8. The molecular formula is C27H41N3O4. The number of ether oxygens (including phenoxy) is 2. The van der Waals surface area contributed by atoms with Crippen LogP contribution in [0.25, 0.3) is 0 Å². The van der Waals surface area contributed by atoms with Gasteiger partial charge in [0.25, 0.3) is 5.91 Å². The molecule has 1 heterocycles. The molecule has 0 aromatic heterocycles. The maximum atomic E-state index is 13.4. The van der Waals surface area contributed by atoms with E-state index in [4.69, 9.17) is 9.47 Å². The Labute approximate surface area is 204 Å². The zero-order chi connectivity index (χ0) is 23.9. The molecule has 1 saturated heterocycles. The fraction of sp³-hybridized carbons (Fsp3) is 0.704. The summed E-state index contributed by atoms with van der Waals surface area (Å²) >= 11 is 0. The van der Waals surface area contributed by atoms with E-state index >= 15 is 0 Å². The molecule has 1 unspecified atom stereocenters. The highest BCUT2D eigenvalue weighted by molar-refractivity contribution is 5.95. The molecule has 0 bridgehead atoms. The number of benzene rings is 1. The average molecular weight is 472 g/mol. The molecule has 3 fully saturated rings. The van der Waals surface area contributed by atoms with Gasteiger partial charge in [-0.2, -0.15) is 0 Å². The molecule has 1 aromatic rings. The van der Waals surface area contributed by atoms with E-state index in [9.17, 15) is 9.59 Å². The summed E-state index contributed by atoms with van der Waals surface area (Å²) in [7, 11) is 3.16. The van der Waals surface area contributed by atoms with Crippen LogP contribution in [0, 0.1) is 11.8 Å². The van der Waals surface area contributed by atoms with Crippen LogP contribution in [0.2, 0.25) is 0 Å². The number of nitrogens with zero attached hydrogens (tertiary/aromatic N) is 2. The van der Waals surface area contributed by atoms with Crippen molar-refractivity contribution < 1.29 is 19.1 Å². The van der Waals surface area contributed by atoms with Crippen LogP contribution in [-0.4, -0.2) is 74.6 Å². The second-order valence-corrected chi connectivity index (χ2v) is 10.1. The second-order valence-electron chi connectivity index (χ2n) is 10.1. The van der Waals surface area contributed by atoms with E-state index in [0.29, 0.717) is 42.0 Å². The highest BCUT2D eigenvalue weighted by atomic mass is 16.5. The minimum absolute atomic E-state index is 0.000213. The highest BCUT2D eigenvalue weighted by Crippen LogP contribution is 2.32. The fourth-order valence-corrected chi connectivity index (χ4v) is 6.05. The summed E-state index contributed by atoms with van der Waals surface area (Å²) in [5.41, 5.74) is 0.601. The third kappa shape index (κ3) is 5.85. The Bertz CT molecular complexity index is 825. The van der Waals surface area contributed by atoms with Crippen molar-refractivity contribution >= 4 is 11.8 Å². The molecule has 188 valence electrons. The number of hydrogen-bond acceptors (Lipinski definition) is 5. The maximum Gasteiger partial charge on any atom is 0.254 e. The molecule has 0 radical (unpaired) electrons. The molecule has 4 rings (SSSR count). The molecule has 2 amide bonds. The first-order chi connectivity index (χ1) is 16.6. The topological polar surface area (TPSA) is 71.1 Å². The van der Waals surface area contributed by atoms with E-state index in [1.54, 1.807) is 32.4 Å². The summed E-state index contributed by atoms with van der Waals surface area (Å²) in [6.07, 6.45) is 11.1. The molecule has 2 aliphatic carbocycles. The van der Waals surface area contributed by atoms with E-state index in [-0.39, 0.29) is 17.9 Å². The Morgan fingerprint density at radius 1 is 0.912 bits per heavy atom. The van der Waals surface area contributed by atoms with Crippen molar-refractivity contribution in [1.29, 1.82) is 0 Å². The summed E-state index contributed by atoms with van der Waals surface area (Å²) in [5.74, 6) is 2.44. The van der Waals surface area contributed by atoms with Crippen LogP contribution in [0.3, 0.4) is 0 Å². The van der Waals surface area contributed by atoms with E-state index in [0.717, 1.165) is 32.5 Å². The zero-order valence-electron chi connectivity index (χ0n) is 20.9. The molecule has 34 heavy (non-hydrogen) atoms. The predicted octanol–water partition coefficient (Wildman–Crippen LogP) is 3.72. The van der Waals surface area contributed by atoms with E-state index < -0.39 is 0 Å². The summed E-state index contributed by atoms with van der Waals surface area (Å²) in [5, 5.41) is 3.32. The standard InChI is InChI=1S/C27H41N3O4/c1-33-23-13-12-22(18-24(23)34-2)27(32)30-16-14-29(15-17-30)25(21-10-6-7-11-21)26(31)28-19-20-8-4-3-5-9-20/h12-13,18,20-21,25H,3-11,14-17,19H2,1-2H3,(H,28,31). The van der Waals surface area contributed by atoms with Crippen molar-refractivity contribution in [1.82, 2.24) is 15.1 Å². The first kappa shape index (κ1) is 24.8. The molecular weight excluding hydrogens is 430 g/mol. The van der Waals surface area contributed by atoms with Crippen LogP contribution in [0.15, 0.2) is 18.2 Å². The van der Waals surface area contributed by atoms with Gasteiger partial charge in [-0.05, 0) is 55.7 Å². The van der Waals surface area contributed by atoms with E-state index in [2.05, 4.69) is 10.2 Å². The van der Waals surface area contributed by atoms with Crippen molar-refractivity contribution in [2.24, 2.45) is 11.8 Å². The zero-order valence-corrected chi connectivity index (χ0v) is 20.9. The van der Waals surface area contributed by atoms with Crippen molar-refractivity contribution in [3.8, 4) is 11.5 Å². The van der Waals surface area contributed by atoms with Crippen LogP contribution in [-0.2, 0) is 4.79 Å². The lowest BCUT2D eigenvalue weighted by Crippen LogP contribution is -2.58. The predicted molar refractivity (Wildman–Crippen MR) is 132 cm³/mol. The van der Waals surface area contributed by atoms with Gasteiger partial charge < -0.3 is 19.7 Å². The van der Waals surface area contributed by atoms with Gasteiger partial charge in [-0.3, -0.25) is 14.5 Å². The Balaban J connectivity index is 1.36. The lowest BCUT2D eigenvalue weighted by molar-refractivity contribution is -0.129.